The molecule has 0 atom stereocenters. The van der Waals surface area contributed by atoms with E-state index in [1.165, 1.54) is 15.8 Å². The van der Waals surface area contributed by atoms with Crippen LogP contribution in [-0.4, -0.2) is 42.9 Å². The minimum Gasteiger partial charge on any atom is -0.478 e. The Kier molecular flexibility index (Phi) is 3.71. The van der Waals surface area contributed by atoms with Gasteiger partial charge in [0.2, 0.25) is 0 Å². The van der Waals surface area contributed by atoms with Gasteiger partial charge in [0.25, 0.3) is 10.0 Å². The first-order valence-corrected chi connectivity index (χ1v) is 7.81. The van der Waals surface area contributed by atoms with Crippen LogP contribution in [0.15, 0.2) is 15.7 Å². The predicted molar refractivity (Wildman–Crippen MR) is 67.2 cm³/mol. The van der Waals surface area contributed by atoms with Gasteiger partial charge >= 0.3 is 5.97 Å². The molecular formula is C10H14N2O4S2. The van der Waals surface area contributed by atoms with Crippen molar-refractivity contribution < 1.29 is 18.3 Å². The maximum atomic E-state index is 12.2. The van der Waals surface area contributed by atoms with Gasteiger partial charge in [-0.25, -0.2) is 13.2 Å². The van der Waals surface area contributed by atoms with E-state index in [-0.39, 0.29) is 15.8 Å². The highest BCUT2D eigenvalue weighted by Crippen LogP contribution is 2.26. The van der Waals surface area contributed by atoms with Gasteiger partial charge in [-0.2, -0.15) is 4.31 Å². The number of carboxylic acid groups (broad SMARTS) is 1. The van der Waals surface area contributed by atoms with Crippen LogP contribution in [0.5, 0.6) is 0 Å². The summed E-state index contributed by atoms with van der Waals surface area (Å²) in [5.41, 5.74) is 5.73. The van der Waals surface area contributed by atoms with Gasteiger partial charge in [0, 0.05) is 24.5 Å². The topological polar surface area (TPSA) is 101 Å². The number of hydrogen-bond donors (Lipinski definition) is 2. The third kappa shape index (κ3) is 2.56. The lowest BCUT2D eigenvalue weighted by atomic mass is 10.1. The Labute approximate surface area is 109 Å². The van der Waals surface area contributed by atoms with Gasteiger partial charge in [-0.15, -0.1) is 11.3 Å². The molecule has 2 rings (SSSR count). The molecule has 0 saturated carbocycles. The second-order valence-corrected chi connectivity index (χ2v) is 7.28. The van der Waals surface area contributed by atoms with Crippen LogP contribution >= 0.6 is 11.3 Å². The highest BCUT2D eigenvalue weighted by molar-refractivity contribution is 7.91. The monoisotopic (exact) mass is 290 g/mol. The van der Waals surface area contributed by atoms with Crippen molar-refractivity contribution in [1.82, 2.24) is 4.31 Å². The average molecular weight is 290 g/mol. The number of hydrogen-bond acceptors (Lipinski definition) is 5. The Bertz CT molecular complexity index is 544. The first kappa shape index (κ1) is 13.5. The van der Waals surface area contributed by atoms with Crippen molar-refractivity contribution in [3.8, 4) is 0 Å². The Morgan fingerprint density at radius 2 is 2.06 bits per heavy atom. The fourth-order valence-electron chi connectivity index (χ4n) is 1.81. The van der Waals surface area contributed by atoms with Crippen molar-refractivity contribution in [2.75, 3.05) is 13.1 Å². The fraction of sp³-hybridized carbons (Fsp3) is 0.500. The maximum Gasteiger partial charge on any atom is 0.336 e. The first-order valence-electron chi connectivity index (χ1n) is 5.49. The summed E-state index contributed by atoms with van der Waals surface area (Å²) in [7, 11) is -3.57. The largest absolute Gasteiger partial charge is 0.478 e. The summed E-state index contributed by atoms with van der Waals surface area (Å²) in [5.74, 6) is -1.12. The van der Waals surface area contributed by atoms with Crippen molar-refractivity contribution in [3.63, 3.8) is 0 Å². The summed E-state index contributed by atoms with van der Waals surface area (Å²) in [6, 6.07) is 1.26. The zero-order valence-corrected chi connectivity index (χ0v) is 11.2. The second kappa shape index (κ2) is 4.96. The molecule has 1 aliphatic rings. The number of nitrogens with zero attached hydrogens (tertiary/aromatic N) is 1. The van der Waals surface area contributed by atoms with E-state index in [0.717, 1.165) is 11.3 Å². The van der Waals surface area contributed by atoms with E-state index in [9.17, 15) is 13.2 Å². The van der Waals surface area contributed by atoms with Crippen LogP contribution in [0.1, 0.15) is 23.2 Å². The molecule has 18 heavy (non-hydrogen) atoms. The molecule has 100 valence electrons. The molecule has 1 aromatic rings. The number of carboxylic acids is 1. The SMILES string of the molecule is NC1CCN(S(=O)(=O)c2cc(C(=O)O)cs2)CC1. The molecule has 0 unspecified atom stereocenters. The standard InChI is InChI=1S/C10H14N2O4S2/c11-8-1-3-12(4-2-8)18(15,16)9-5-7(6-17-9)10(13)14/h5-6,8H,1-4,11H2,(H,13,14). The summed E-state index contributed by atoms with van der Waals surface area (Å²) in [6.07, 6.45) is 1.27. The Balaban J connectivity index is 2.22. The van der Waals surface area contributed by atoms with Crippen molar-refractivity contribution in [1.29, 1.82) is 0 Å². The molecule has 0 aromatic carbocycles. The molecule has 0 amide bonds. The van der Waals surface area contributed by atoms with E-state index in [0.29, 0.717) is 25.9 Å². The van der Waals surface area contributed by atoms with Gasteiger partial charge in [0.15, 0.2) is 0 Å². The van der Waals surface area contributed by atoms with E-state index >= 15 is 0 Å². The van der Waals surface area contributed by atoms with Crippen LogP contribution in [0.2, 0.25) is 0 Å². The van der Waals surface area contributed by atoms with E-state index in [1.54, 1.807) is 0 Å². The van der Waals surface area contributed by atoms with Gasteiger partial charge in [-0.3, -0.25) is 0 Å². The number of sulfonamides is 1. The Morgan fingerprint density at radius 1 is 1.44 bits per heavy atom. The Morgan fingerprint density at radius 3 is 2.56 bits per heavy atom. The summed E-state index contributed by atoms with van der Waals surface area (Å²) < 4.78 is 25.9. The zero-order chi connectivity index (χ0) is 13.3. The molecule has 0 bridgehead atoms. The lowest BCUT2D eigenvalue weighted by Gasteiger charge is -2.28. The van der Waals surface area contributed by atoms with E-state index in [4.69, 9.17) is 10.8 Å². The third-order valence-electron chi connectivity index (χ3n) is 2.92. The molecule has 2 heterocycles. The summed E-state index contributed by atoms with van der Waals surface area (Å²) in [6.45, 7) is 0.785. The average Bonchev–Trinajstić information content (AvgIpc) is 2.79. The van der Waals surface area contributed by atoms with E-state index in [2.05, 4.69) is 0 Å². The summed E-state index contributed by atoms with van der Waals surface area (Å²) in [5, 5.41) is 10.1. The molecule has 3 N–H and O–H groups in total. The molecule has 1 saturated heterocycles. The fourth-order valence-corrected chi connectivity index (χ4v) is 4.58. The second-order valence-electron chi connectivity index (χ2n) is 4.20. The molecule has 0 radical (unpaired) electrons. The Hall–Kier alpha value is -0.960. The molecule has 6 nitrogen and oxygen atoms in total. The molecule has 0 aliphatic carbocycles. The number of piperidine rings is 1. The zero-order valence-electron chi connectivity index (χ0n) is 9.57. The van der Waals surface area contributed by atoms with Crippen molar-refractivity contribution in [2.45, 2.75) is 23.1 Å². The molecule has 1 aliphatic heterocycles. The van der Waals surface area contributed by atoms with Gasteiger partial charge in [-0.1, -0.05) is 0 Å². The number of thiophene rings is 1. The van der Waals surface area contributed by atoms with Crippen LogP contribution in [0, 0.1) is 0 Å². The quantitative estimate of drug-likeness (QED) is 0.847. The number of carbonyl (C=O) groups is 1. The maximum absolute atomic E-state index is 12.2. The molecule has 1 fully saturated rings. The van der Waals surface area contributed by atoms with Crippen LogP contribution in [0.4, 0.5) is 0 Å². The first-order chi connectivity index (χ1) is 8.41. The smallest absolute Gasteiger partial charge is 0.336 e. The van der Waals surface area contributed by atoms with Gasteiger partial charge in [0.05, 0.1) is 5.56 Å². The molecule has 0 spiro atoms. The predicted octanol–water partition coefficient (Wildman–Crippen LogP) is 0.558. The highest BCUT2D eigenvalue weighted by Gasteiger charge is 2.29. The minimum absolute atomic E-state index is 0.00675. The molecule has 1 aromatic heterocycles. The number of nitrogens with two attached hydrogens (primary N) is 1. The van der Waals surface area contributed by atoms with E-state index in [1.807, 2.05) is 0 Å². The van der Waals surface area contributed by atoms with Crippen LogP contribution in [0.3, 0.4) is 0 Å². The number of aromatic carboxylic acids is 1. The van der Waals surface area contributed by atoms with Gasteiger partial charge in [0.1, 0.15) is 4.21 Å². The van der Waals surface area contributed by atoms with Crippen LogP contribution < -0.4 is 5.73 Å². The van der Waals surface area contributed by atoms with Crippen molar-refractivity contribution in [3.05, 3.63) is 17.0 Å². The lowest BCUT2D eigenvalue weighted by Crippen LogP contribution is -2.42. The van der Waals surface area contributed by atoms with Gasteiger partial charge < -0.3 is 10.8 Å². The van der Waals surface area contributed by atoms with Crippen LogP contribution in [-0.2, 0) is 10.0 Å². The van der Waals surface area contributed by atoms with Crippen molar-refractivity contribution in [2.24, 2.45) is 5.73 Å². The highest BCUT2D eigenvalue weighted by atomic mass is 32.2. The number of rotatable bonds is 3. The van der Waals surface area contributed by atoms with Crippen LogP contribution in [0.25, 0.3) is 0 Å². The lowest BCUT2D eigenvalue weighted by molar-refractivity contribution is 0.0697. The van der Waals surface area contributed by atoms with E-state index < -0.39 is 16.0 Å². The normalized spacial score (nSPS) is 18.9. The minimum atomic E-state index is -3.57. The summed E-state index contributed by atoms with van der Waals surface area (Å²) in [4.78, 5) is 10.7. The third-order valence-corrected chi connectivity index (χ3v) is 6.23. The molecular weight excluding hydrogens is 276 g/mol. The summed E-state index contributed by atoms with van der Waals surface area (Å²) >= 11 is 0.938. The van der Waals surface area contributed by atoms with Crippen molar-refractivity contribution >= 4 is 27.3 Å². The van der Waals surface area contributed by atoms with Gasteiger partial charge in [-0.05, 0) is 18.9 Å². The molecule has 8 heteroatoms.